The molecule has 0 saturated carbocycles. The van der Waals surface area contributed by atoms with Crippen molar-refractivity contribution in [3.63, 3.8) is 0 Å². The Morgan fingerprint density at radius 2 is 2.00 bits per heavy atom. The number of carbonyl (C=O) groups is 2. The zero-order chi connectivity index (χ0) is 17.7. The quantitative estimate of drug-likeness (QED) is 0.477. The molecular weight excluding hydrogens is 316 g/mol. The van der Waals surface area contributed by atoms with Crippen molar-refractivity contribution >= 4 is 23.6 Å². The van der Waals surface area contributed by atoms with Gasteiger partial charge in [-0.2, -0.15) is 10.2 Å². The van der Waals surface area contributed by atoms with Crippen LogP contribution in [0.15, 0.2) is 51.4 Å². The third-order valence-corrected chi connectivity index (χ3v) is 2.94. The number of carboxylic acids is 2. The highest BCUT2D eigenvalue weighted by Crippen LogP contribution is 2.22. The number of nitrogens with zero attached hydrogens (tertiary/aromatic N) is 3. The van der Waals surface area contributed by atoms with E-state index in [9.17, 15) is 9.59 Å². The molecule has 0 aromatic heterocycles. The van der Waals surface area contributed by atoms with Crippen LogP contribution in [0.4, 0.5) is 5.69 Å². The van der Waals surface area contributed by atoms with Crippen LogP contribution in [-0.2, 0) is 4.79 Å². The van der Waals surface area contributed by atoms with Crippen molar-refractivity contribution in [2.75, 3.05) is 6.54 Å². The molecule has 0 fully saturated rings. The number of hydrogen-bond acceptors (Lipinski definition) is 8. The van der Waals surface area contributed by atoms with Gasteiger partial charge in [-0.1, -0.05) is 0 Å². The van der Waals surface area contributed by atoms with Crippen molar-refractivity contribution in [1.82, 2.24) is 10.6 Å². The Labute approximate surface area is 136 Å². The van der Waals surface area contributed by atoms with Crippen molar-refractivity contribution in [3.8, 4) is 0 Å². The fourth-order valence-electron chi connectivity index (χ4n) is 1.90. The van der Waals surface area contributed by atoms with Crippen LogP contribution in [0.3, 0.4) is 0 Å². The molecule has 0 saturated heterocycles. The van der Waals surface area contributed by atoms with E-state index < -0.39 is 17.6 Å². The lowest BCUT2D eigenvalue weighted by molar-refractivity contribution is -0.135. The molecule has 1 aliphatic rings. The molecule has 0 radical (unpaired) electrons. The fourth-order valence-corrected chi connectivity index (χ4v) is 1.90. The summed E-state index contributed by atoms with van der Waals surface area (Å²) < 4.78 is 0. The molecule has 1 unspecified atom stereocenters. The molecule has 0 bridgehead atoms. The number of aliphatic carboxylic acids is 1. The lowest BCUT2D eigenvalue weighted by Crippen LogP contribution is -2.44. The third-order valence-electron chi connectivity index (χ3n) is 2.94. The molecule has 2 rings (SSSR count). The van der Waals surface area contributed by atoms with Gasteiger partial charge in [-0.25, -0.2) is 9.79 Å². The predicted molar refractivity (Wildman–Crippen MR) is 84.8 cm³/mol. The highest BCUT2D eigenvalue weighted by molar-refractivity contribution is 5.87. The van der Waals surface area contributed by atoms with Gasteiger partial charge in [-0.15, -0.1) is 0 Å². The number of guanidine groups is 1. The number of carboxylic acid groups (broad SMARTS) is 2. The van der Waals surface area contributed by atoms with E-state index in [2.05, 4.69) is 25.9 Å². The van der Waals surface area contributed by atoms with Crippen LogP contribution < -0.4 is 16.4 Å². The maximum atomic E-state index is 10.8. The average molecular weight is 332 g/mol. The van der Waals surface area contributed by atoms with Gasteiger partial charge < -0.3 is 26.6 Å². The SMILES string of the molecule is CC1(N=Nc2ccc(C(=O)O)cc2)C=C(NCC(=O)O)NC(N)=N1. The predicted octanol–water partition coefficient (Wildman–Crippen LogP) is 0.618. The van der Waals surface area contributed by atoms with Gasteiger partial charge in [0.1, 0.15) is 12.4 Å². The van der Waals surface area contributed by atoms with E-state index in [1.807, 2.05) is 0 Å². The molecule has 0 amide bonds. The maximum absolute atomic E-state index is 10.8. The maximum Gasteiger partial charge on any atom is 0.335 e. The minimum atomic E-state index is -1.12. The molecule has 1 heterocycles. The first-order valence-corrected chi connectivity index (χ1v) is 6.84. The molecule has 6 N–H and O–H groups in total. The van der Waals surface area contributed by atoms with Crippen LogP contribution in [0.2, 0.25) is 0 Å². The molecule has 1 atom stereocenters. The number of hydrogen-bond donors (Lipinski definition) is 5. The Morgan fingerprint density at radius 1 is 1.33 bits per heavy atom. The molecule has 0 spiro atoms. The number of aromatic carboxylic acids is 1. The highest BCUT2D eigenvalue weighted by Gasteiger charge is 2.26. The summed E-state index contributed by atoms with van der Waals surface area (Å²) in [6.45, 7) is 1.34. The highest BCUT2D eigenvalue weighted by atomic mass is 16.4. The van der Waals surface area contributed by atoms with E-state index in [0.717, 1.165) is 0 Å². The summed E-state index contributed by atoms with van der Waals surface area (Å²) >= 11 is 0. The summed E-state index contributed by atoms with van der Waals surface area (Å²) in [5, 5.41) is 31.0. The summed E-state index contributed by atoms with van der Waals surface area (Å²) in [6.07, 6.45) is 1.54. The lowest BCUT2D eigenvalue weighted by Gasteiger charge is -2.24. The van der Waals surface area contributed by atoms with Crippen LogP contribution in [0, 0.1) is 0 Å². The van der Waals surface area contributed by atoms with E-state index in [1.54, 1.807) is 13.0 Å². The first-order chi connectivity index (χ1) is 11.3. The van der Waals surface area contributed by atoms with Gasteiger partial charge in [0.05, 0.1) is 11.3 Å². The van der Waals surface area contributed by atoms with Crippen molar-refractivity contribution in [2.45, 2.75) is 12.6 Å². The van der Waals surface area contributed by atoms with Crippen LogP contribution >= 0.6 is 0 Å². The van der Waals surface area contributed by atoms with Crippen molar-refractivity contribution < 1.29 is 19.8 Å². The number of rotatable bonds is 6. The molecule has 0 aliphatic carbocycles. The second-order valence-electron chi connectivity index (χ2n) is 5.07. The molecule has 24 heavy (non-hydrogen) atoms. The van der Waals surface area contributed by atoms with Gasteiger partial charge in [-0.05, 0) is 31.2 Å². The largest absolute Gasteiger partial charge is 0.480 e. The van der Waals surface area contributed by atoms with Crippen molar-refractivity contribution in [1.29, 1.82) is 0 Å². The Kier molecular flexibility index (Phi) is 4.78. The molecule has 1 aliphatic heterocycles. The van der Waals surface area contributed by atoms with Crippen molar-refractivity contribution in [3.05, 3.63) is 41.7 Å². The van der Waals surface area contributed by atoms with E-state index in [0.29, 0.717) is 11.5 Å². The van der Waals surface area contributed by atoms with Crippen molar-refractivity contribution in [2.24, 2.45) is 21.0 Å². The number of nitrogens with one attached hydrogen (secondary N) is 2. The molecule has 10 heteroatoms. The number of benzene rings is 1. The summed E-state index contributed by atoms with van der Waals surface area (Å²) in [5.41, 5.74) is 5.14. The van der Waals surface area contributed by atoms with E-state index >= 15 is 0 Å². The van der Waals surface area contributed by atoms with Gasteiger partial charge in [0.15, 0.2) is 11.6 Å². The van der Waals surface area contributed by atoms with Gasteiger partial charge in [0.2, 0.25) is 0 Å². The molecular formula is C14H16N6O4. The average Bonchev–Trinajstić information content (AvgIpc) is 2.51. The first kappa shape index (κ1) is 16.9. The monoisotopic (exact) mass is 332 g/mol. The zero-order valence-electron chi connectivity index (χ0n) is 12.7. The van der Waals surface area contributed by atoms with Crippen LogP contribution in [0.5, 0.6) is 0 Å². The summed E-state index contributed by atoms with van der Waals surface area (Å²) in [6, 6.07) is 5.85. The minimum Gasteiger partial charge on any atom is -0.480 e. The second-order valence-corrected chi connectivity index (χ2v) is 5.07. The van der Waals surface area contributed by atoms with Crippen LogP contribution in [0.1, 0.15) is 17.3 Å². The molecule has 1 aromatic carbocycles. The Balaban J connectivity index is 2.16. The van der Waals surface area contributed by atoms with Crippen LogP contribution in [0.25, 0.3) is 0 Å². The Hall–Kier alpha value is -3.43. The normalized spacial score (nSPS) is 20.0. The van der Waals surface area contributed by atoms with Gasteiger partial charge in [-0.3, -0.25) is 4.79 Å². The number of aliphatic imine (C=N–C) groups is 1. The fraction of sp³-hybridized carbons (Fsp3) is 0.214. The third kappa shape index (κ3) is 4.53. The zero-order valence-corrected chi connectivity index (χ0v) is 12.7. The smallest absolute Gasteiger partial charge is 0.335 e. The molecule has 10 nitrogen and oxygen atoms in total. The molecule has 1 aromatic rings. The number of nitrogens with two attached hydrogens (primary N) is 1. The minimum absolute atomic E-state index is 0.0630. The Morgan fingerprint density at radius 3 is 2.58 bits per heavy atom. The van der Waals surface area contributed by atoms with E-state index in [1.165, 1.54) is 24.3 Å². The van der Waals surface area contributed by atoms with Gasteiger partial charge in [0.25, 0.3) is 0 Å². The van der Waals surface area contributed by atoms with E-state index in [-0.39, 0.29) is 18.1 Å². The van der Waals surface area contributed by atoms with E-state index in [4.69, 9.17) is 15.9 Å². The summed E-state index contributed by atoms with van der Waals surface area (Å²) in [5.74, 6) is -1.64. The number of azo groups is 1. The standard InChI is InChI=1S/C14H16N6O4/c1-14(6-10(16-7-11(21)22)17-13(15)18-14)20-19-9-4-2-8(3-5-9)12(23)24/h2-6,16H,7H2,1H3,(H,21,22)(H,23,24)(H3,15,17,18). The van der Waals surface area contributed by atoms with Gasteiger partial charge >= 0.3 is 11.9 Å². The topological polar surface area (TPSA) is 162 Å². The van der Waals surface area contributed by atoms with Gasteiger partial charge in [0, 0.05) is 6.08 Å². The van der Waals surface area contributed by atoms with Crippen LogP contribution in [-0.4, -0.2) is 40.3 Å². The summed E-state index contributed by atoms with van der Waals surface area (Å²) in [4.78, 5) is 25.5. The Bertz CT molecular complexity index is 740. The second kappa shape index (κ2) is 6.77. The lowest BCUT2D eigenvalue weighted by atomic mass is 10.2. The summed E-state index contributed by atoms with van der Waals surface area (Å²) in [7, 11) is 0. The molecule has 126 valence electrons. The first-order valence-electron chi connectivity index (χ1n) is 6.84.